The van der Waals surface area contributed by atoms with Crippen LogP contribution in [0.2, 0.25) is 0 Å². The van der Waals surface area contributed by atoms with Crippen LogP contribution in [0.5, 0.6) is 0 Å². The molecule has 2 saturated heterocycles. The summed E-state index contributed by atoms with van der Waals surface area (Å²) in [6.45, 7) is 39.7. The Kier molecular flexibility index (Phi) is 18.8. The highest BCUT2D eigenvalue weighted by atomic mass is 16.6. The zero-order valence-electron chi connectivity index (χ0n) is 42.6. The van der Waals surface area contributed by atoms with Crippen molar-refractivity contribution in [3.05, 3.63) is 0 Å². The molecule has 2 heterocycles. The highest BCUT2D eigenvalue weighted by molar-refractivity contribution is 5.96. The summed E-state index contributed by atoms with van der Waals surface area (Å²) in [7, 11) is 0. The summed E-state index contributed by atoms with van der Waals surface area (Å²) in [4.78, 5) is 58.7. The zero-order valence-corrected chi connectivity index (χ0v) is 42.6. The van der Waals surface area contributed by atoms with Crippen molar-refractivity contribution in [3.8, 4) is 0 Å². The second-order valence-corrected chi connectivity index (χ2v) is 25.2. The fourth-order valence-corrected chi connectivity index (χ4v) is 10.4. The summed E-state index contributed by atoms with van der Waals surface area (Å²) in [5, 5.41) is 7.38. The maximum atomic E-state index is 14.4. The Morgan fingerprint density at radius 2 is 1.03 bits per heavy atom. The number of ether oxygens (including phenoxy) is 1. The number of ketones is 3. The SMILES string of the molecule is CC(C)(C)NC(CCCCCCCCCOC(=O)N1CC(NC(C)(C)C)(C(=O)C(C)(C)C)C1)(CCCCCC[C@@]1(C(=O)C(C)(C)C)CCCN1C(C)(C)C)C(=O)C(C)(C)C. The van der Waals surface area contributed by atoms with Crippen molar-refractivity contribution in [3.63, 3.8) is 0 Å². The number of rotatable bonds is 22. The second kappa shape index (κ2) is 20.8. The maximum Gasteiger partial charge on any atom is 0.409 e. The molecule has 2 aliphatic rings. The van der Waals surface area contributed by atoms with Gasteiger partial charge in [0.1, 0.15) is 5.54 Å². The van der Waals surface area contributed by atoms with Crippen molar-refractivity contribution in [1.82, 2.24) is 20.4 Å². The van der Waals surface area contributed by atoms with E-state index in [1.54, 1.807) is 4.90 Å². The predicted octanol–water partition coefficient (Wildman–Crippen LogP) is 11.6. The number of likely N-dealkylation sites (tertiary alicyclic amines) is 2. The van der Waals surface area contributed by atoms with Crippen molar-refractivity contribution >= 4 is 23.4 Å². The van der Waals surface area contributed by atoms with Crippen LogP contribution in [-0.4, -0.2) is 92.7 Å². The second-order valence-electron chi connectivity index (χ2n) is 25.2. The molecule has 2 fully saturated rings. The minimum Gasteiger partial charge on any atom is -0.449 e. The molecule has 0 aliphatic carbocycles. The lowest BCUT2D eigenvalue weighted by Gasteiger charge is -2.53. The molecule has 0 radical (unpaired) electrons. The molecule has 0 aromatic rings. The van der Waals surface area contributed by atoms with Crippen LogP contribution in [0.25, 0.3) is 0 Å². The van der Waals surface area contributed by atoms with E-state index in [0.29, 0.717) is 31.3 Å². The quantitative estimate of drug-likeness (QED) is 0.104. The average molecular weight is 845 g/mol. The molecule has 1 unspecified atom stereocenters. The van der Waals surface area contributed by atoms with E-state index in [2.05, 4.69) is 98.6 Å². The van der Waals surface area contributed by atoms with E-state index in [4.69, 9.17) is 4.74 Å². The third-order valence-electron chi connectivity index (χ3n) is 12.5. The van der Waals surface area contributed by atoms with E-state index in [1.165, 1.54) is 0 Å². The Hall–Kier alpha value is -1.84. The first-order chi connectivity index (χ1) is 27.1. The van der Waals surface area contributed by atoms with Gasteiger partial charge in [-0.3, -0.25) is 24.6 Å². The Morgan fingerprint density at radius 3 is 1.47 bits per heavy atom. The smallest absolute Gasteiger partial charge is 0.409 e. The molecule has 2 N–H and O–H groups in total. The van der Waals surface area contributed by atoms with Crippen LogP contribution in [-0.2, 0) is 19.1 Å². The van der Waals surface area contributed by atoms with E-state index in [-0.39, 0.29) is 39.4 Å². The van der Waals surface area contributed by atoms with Gasteiger partial charge in [-0.05, 0) is 107 Å². The van der Waals surface area contributed by atoms with E-state index in [9.17, 15) is 19.2 Å². The summed E-state index contributed by atoms with van der Waals surface area (Å²) in [6, 6.07) is 0. The molecule has 1 amide bonds. The maximum absolute atomic E-state index is 14.4. The van der Waals surface area contributed by atoms with Crippen molar-refractivity contribution in [2.75, 3.05) is 26.2 Å². The molecule has 9 nitrogen and oxygen atoms in total. The molecule has 0 aromatic carbocycles. The standard InChI is InChI=1S/C51H96N4O5/c1-43(2,3)39(56)49(52-46(10,11)12,32-27-23-24-28-33-51(41(58)45(7,8)9)34-30-35-55(51)48(16,17)18)31-26-22-20-19-21-25-29-36-60-42(59)54-37-50(38-54,53-47(13,14)15)40(57)44(4,5)6/h52-53H,19-38H2,1-18H3/t49?,51-/m0/s1. The molecule has 2 rings (SSSR count). The van der Waals surface area contributed by atoms with Crippen LogP contribution in [0.4, 0.5) is 4.79 Å². The largest absolute Gasteiger partial charge is 0.449 e. The summed E-state index contributed by atoms with van der Waals surface area (Å²) in [6.07, 6.45) is 15.6. The summed E-state index contributed by atoms with van der Waals surface area (Å²) >= 11 is 0. The molecule has 2 atom stereocenters. The van der Waals surface area contributed by atoms with Crippen LogP contribution in [0, 0.1) is 16.2 Å². The first-order valence-corrected chi connectivity index (χ1v) is 24.1. The molecule has 0 saturated carbocycles. The van der Waals surface area contributed by atoms with Gasteiger partial charge in [0.05, 0.1) is 30.8 Å². The fourth-order valence-electron chi connectivity index (χ4n) is 10.4. The number of hydrogen-bond acceptors (Lipinski definition) is 8. The van der Waals surface area contributed by atoms with Crippen molar-refractivity contribution in [1.29, 1.82) is 0 Å². The Labute approximate surface area is 369 Å². The molecule has 0 aromatic heterocycles. The van der Waals surface area contributed by atoms with Crippen LogP contribution in [0.1, 0.15) is 227 Å². The molecule has 0 spiro atoms. The normalized spacial score (nSPS) is 20.5. The molecular formula is C51H96N4O5. The third-order valence-corrected chi connectivity index (χ3v) is 12.5. The van der Waals surface area contributed by atoms with E-state index >= 15 is 0 Å². The topological polar surface area (TPSA) is 108 Å². The summed E-state index contributed by atoms with van der Waals surface area (Å²) < 4.78 is 5.62. The molecular weight excluding hydrogens is 749 g/mol. The van der Waals surface area contributed by atoms with Gasteiger partial charge in [-0.1, -0.05) is 127 Å². The molecule has 0 bridgehead atoms. The van der Waals surface area contributed by atoms with Crippen LogP contribution >= 0.6 is 0 Å². The Morgan fingerprint density at radius 1 is 0.567 bits per heavy atom. The number of nitrogens with one attached hydrogen (secondary N) is 2. The Bertz CT molecular complexity index is 1410. The van der Waals surface area contributed by atoms with E-state index < -0.39 is 21.9 Å². The lowest BCUT2D eigenvalue weighted by molar-refractivity contribution is -0.142. The third kappa shape index (κ3) is 15.7. The monoisotopic (exact) mass is 845 g/mol. The number of amides is 1. The average Bonchev–Trinajstić information content (AvgIpc) is 3.50. The summed E-state index contributed by atoms with van der Waals surface area (Å²) in [5.74, 6) is 0.836. The van der Waals surface area contributed by atoms with Crippen molar-refractivity contribution in [2.24, 2.45) is 16.2 Å². The van der Waals surface area contributed by atoms with Gasteiger partial charge in [-0.25, -0.2) is 4.79 Å². The Balaban J connectivity index is 1.88. The number of carbonyl (C=O) groups is 4. The first kappa shape index (κ1) is 54.3. The van der Waals surface area contributed by atoms with Crippen LogP contribution in [0.15, 0.2) is 0 Å². The first-order valence-electron chi connectivity index (χ1n) is 24.1. The number of Topliss-reactive ketones (excluding diaryl/α,β-unsaturated/α-hetero) is 3. The fraction of sp³-hybridized carbons (Fsp3) is 0.922. The van der Waals surface area contributed by atoms with Crippen LogP contribution < -0.4 is 10.6 Å². The molecule has 350 valence electrons. The van der Waals surface area contributed by atoms with Gasteiger partial charge in [0.15, 0.2) is 17.3 Å². The van der Waals surface area contributed by atoms with Crippen molar-refractivity contribution < 1.29 is 23.9 Å². The van der Waals surface area contributed by atoms with Gasteiger partial charge >= 0.3 is 6.09 Å². The minimum atomic E-state index is -0.735. The lowest BCUT2D eigenvalue weighted by atomic mass is 9.71. The number of unbranched alkanes of at least 4 members (excludes halogenated alkanes) is 9. The van der Waals surface area contributed by atoms with Gasteiger partial charge in [0.2, 0.25) is 0 Å². The lowest BCUT2D eigenvalue weighted by Crippen LogP contribution is -2.78. The van der Waals surface area contributed by atoms with Gasteiger partial charge in [0.25, 0.3) is 0 Å². The molecule has 2 aliphatic heterocycles. The highest BCUT2D eigenvalue weighted by Crippen LogP contribution is 2.44. The van der Waals surface area contributed by atoms with Gasteiger partial charge in [-0.2, -0.15) is 0 Å². The van der Waals surface area contributed by atoms with Gasteiger partial charge in [-0.15, -0.1) is 0 Å². The van der Waals surface area contributed by atoms with E-state index in [1.807, 2.05) is 41.5 Å². The predicted molar refractivity (Wildman–Crippen MR) is 251 cm³/mol. The minimum absolute atomic E-state index is 0.0518. The van der Waals surface area contributed by atoms with Crippen LogP contribution in [0.3, 0.4) is 0 Å². The van der Waals surface area contributed by atoms with E-state index in [0.717, 1.165) is 109 Å². The highest BCUT2D eigenvalue weighted by Gasteiger charge is 2.56. The van der Waals surface area contributed by atoms with Gasteiger partial charge < -0.3 is 15.0 Å². The molecule has 60 heavy (non-hydrogen) atoms. The number of nitrogens with zero attached hydrogens (tertiary/aromatic N) is 2. The zero-order chi connectivity index (χ0) is 46.2. The number of carbonyl (C=O) groups excluding carboxylic acids is 4. The summed E-state index contributed by atoms with van der Waals surface area (Å²) in [5.41, 5.74) is -3.52. The van der Waals surface area contributed by atoms with Gasteiger partial charge in [0, 0.05) is 32.9 Å². The van der Waals surface area contributed by atoms with Crippen molar-refractivity contribution in [2.45, 2.75) is 261 Å². The molecule has 9 heteroatoms. The number of hydrogen-bond donors (Lipinski definition) is 2.